The van der Waals surface area contributed by atoms with Crippen molar-refractivity contribution in [1.82, 2.24) is 4.90 Å². The molecule has 5 nitrogen and oxygen atoms in total. The van der Waals surface area contributed by atoms with Gasteiger partial charge in [-0.15, -0.1) is 0 Å². The van der Waals surface area contributed by atoms with Crippen LogP contribution in [0.3, 0.4) is 0 Å². The molecule has 0 amide bonds. The van der Waals surface area contributed by atoms with Crippen molar-refractivity contribution in [3.63, 3.8) is 0 Å². The molecular weight excluding hydrogens is 348 g/mol. The molecule has 0 aromatic heterocycles. The van der Waals surface area contributed by atoms with E-state index in [-0.39, 0.29) is 5.41 Å². The molecule has 1 N–H and O–H groups in total. The van der Waals surface area contributed by atoms with Gasteiger partial charge in [0.15, 0.2) is 0 Å². The van der Waals surface area contributed by atoms with E-state index in [0.29, 0.717) is 6.54 Å². The number of aliphatic hydroxyl groups is 1. The summed E-state index contributed by atoms with van der Waals surface area (Å²) in [6.07, 6.45) is 7.97. The maximum Gasteiger partial charge on any atom is 0.232 e. The Hall–Kier alpha value is -1.11. The summed E-state index contributed by atoms with van der Waals surface area (Å²) in [5.74, 6) is 0. The fourth-order valence-electron chi connectivity index (χ4n) is 5.57. The van der Waals surface area contributed by atoms with Gasteiger partial charge in [0.2, 0.25) is 10.0 Å². The lowest BCUT2D eigenvalue weighted by Crippen LogP contribution is -2.63. The first-order valence-corrected chi connectivity index (χ1v) is 11.5. The van der Waals surface area contributed by atoms with Crippen LogP contribution in [0.2, 0.25) is 0 Å². The molecule has 1 aromatic rings. The molecule has 1 heterocycles. The first kappa shape index (κ1) is 18.3. The second-order valence-electron chi connectivity index (χ2n) is 8.81. The fourth-order valence-corrected chi connectivity index (χ4v) is 6.52. The van der Waals surface area contributed by atoms with E-state index in [1.165, 1.54) is 28.1 Å². The number of fused-ring (bicyclic) bond motifs is 2. The maximum atomic E-state index is 12.2. The first-order chi connectivity index (χ1) is 12.2. The van der Waals surface area contributed by atoms with Crippen LogP contribution in [0.5, 0.6) is 0 Å². The quantitative estimate of drug-likeness (QED) is 0.871. The van der Waals surface area contributed by atoms with Crippen molar-refractivity contribution in [3.05, 3.63) is 28.8 Å². The minimum Gasteiger partial charge on any atom is -0.389 e. The van der Waals surface area contributed by atoms with Crippen molar-refractivity contribution in [2.75, 3.05) is 37.7 Å². The monoisotopic (exact) mass is 378 g/mol. The summed E-state index contributed by atoms with van der Waals surface area (Å²) in [7, 11) is 0.854. The van der Waals surface area contributed by atoms with Crippen molar-refractivity contribution in [2.24, 2.45) is 0 Å². The topological polar surface area (TPSA) is 60.9 Å². The molecule has 1 atom stereocenters. The zero-order valence-corrected chi connectivity index (χ0v) is 16.9. The molecule has 26 heavy (non-hydrogen) atoms. The van der Waals surface area contributed by atoms with Crippen molar-refractivity contribution >= 4 is 15.7 Å². The summed E-state index contributed by atoms with van der Waals surface area (Å²) in [4.78, 5) is 2.16. The second-order valence-corrected chi connectivity index (χ2v) is 10.7. The number of anilines is 1. The van der Waals surface area contributed by atoms with E-state index >= 15 is 0 Å². The Balaban J connectivity index is 1.81. The van der Waals surface area contributed by atoms with Crippen molar-refractivity contribution in [2.45, 2.75) is 56.0 Å². The van der Waals surface area contributed by atoms with Gasteiger partial charge in [0.25, 0.3) is 0 Å². The van der Waals surface area contributed by atoms with Gasteiger partial charge in [-0.3, -0.25) is 4.31 Å². The van der Waals surface area contributed by atoms with Gasteiger partial charge >= 0.3 is 0 Å². The van der Waals surface area contributed by atoms with Gasteiger partial charge in [-0.2, -0.15) is 0 Å². The van der Waals surface area contributed by atoms with Gasteiger partial charge in [-0.05, 0) is 62.5 Å². The molecule has 0 bridgehead atoms. The van der Waals surface area contributed by atoms with E-state index in [1.54, 1.807) is 0 Å². The minimum atomic E-state index is -3.26. The van der Waals surface area contributed by atoms with Crippen LogP contribution >= 0.6 is 0 Å². The number of likely N-dealkylation sites (N-methyl/N-ethyl adjacent to an activating group) is 1. The van der Waals surface area contributed by atoms with Gasteiger partial charge in [0, 0.05) is 18.5 Å². The van der Waals surface area contributed by atoms with E-state index < -0.39 is 15.6 Å². The summed E-state index contributed by atoms with van der Waals surface area (Å²) >= 11 is 0. The van der Waals surface area contributed by atoms with Crippen molar-refractivity contribution < 1.29 is 13.5 Å². The van der Waals surface area contributed by atoms with Gasteiger partial charge in [-0.1, -0.05) is 25.3 Å². The smallest absolute Gasteiger partial charge is 0.232 e. The third-order valence-corrected chi connectivity index (χ3v) is 7.90. The SMILES string of the molecule is CN(C)CC1(C2(O)CCCCC2)Cc2cc3c(cc21)N(S(C)(=O)=O)CC3. The zero-order valence-electron chi connectivity index (χ0n) is 16.1. The Labute approximate surface area is 157 Å². The minimum absolute atomic E-state index is 0.285. The number of benzene rings is 1. The molecule has 144 valence electrons. The fraction of sp³-hybridized carbons (Fsp3) is 0.700. The number of hydrogen-bond acceptors (Lipinski definition) is 4. The number of hydrogen-bond donors (Lipinski definition) is 1. The van der Waals surface area contributed by atoms with Crippen LogP contribution < -0.4 is 4.31 Å². The molecule has 0 saturated heterocycles. The summed E-state index contributed by atoms with van der Waals surface area (Å²) < 4.78 is 25.9. The van der Waals surface area contributed by atoms with Gasteiger partial charge < -0.3 is 10.0 Å². The average molecular weight is 379 g/mol. The van der Waals surface area contributed by atoms with Crippen LogP contribution in [0.15, 0.2) is 12.1 Å². The molecule has 0 spiro atoms. The highest BCUT2D eigenvalue weighted by Gasteiger charge is 2.57. The molecule has 1 saturated carbocycles. The van der Waals surface area contributed by atoms with E-state index in [1.807, 2.05) is 0 Å². The predicted molar refractivity (Wildman–Crippen MR) is 104 cm³/mol. The molecular formula is C20H30N2O3S. The number of nitrogens with zero attached hydrogens (tertiary/aromatic N) is 2. The zero-order chi connectivity index (χ0) is 18.7. The van der Waals surface area contributed by atoms with Crippen LogP contribution in [-0.2, 0) is 28.3 Å². The van der Waals surface area contributed by atoms with Gasteiger partial charge in [-0.25, -0.2) is 8.42 Å². The van der Waals surface area contributed by atoms with Crippen molar-refractivity contribution in [3.8, 4) is 0 Å². The Bertz CT molecular complexity index is 828. The largest absolute Gasteiger partial charge is 0.389 e. The average Bonchev–Trinajstić information content (AvgIpc) is 2.95. The second kappa shape index (κ2) is 5.94. The summed E-state index contributed by atoms with van der Waals surface area (Å²) in [5.41, 5.74) is 3.44. The van der Waals surface area contributed by atoms with E-state index in [9.17, 15) is 13.5 Å². The Kier molecular flexibility index (Phi) is 4.18. The normalized spacial score (nSPS) is 27.2. The lowest BCUT2D eigenvalue weighted by molar-refractivity contribution is -0.0869. The molecule has 2 aliphatic carbocycles. The van der Waals surface area contributed by atoms with E-state index in [2.05, 4.69) is 31.1 Å². The number of sulfonamides is 1. The molecule has 1 aliphatic heterocycles. The Morgan fingerprint density at radius 1 is 1.15 bits per heavy atom. The third-order valence-electron chi connectivity index (χ3n) is 6.72. The van der Waals surface area contributed by atoms with Crippen molar-refractivity contribution in [1.29, 1.82) is 0 Å². The molecule has 0 radical (unpaired) electrons. The Morgan fingerprint density at radius 3 is 2.46 bits per heavy atom. The van der Waals surface area contributed by atoms with Gasteiger partial charge in [0.05, 0.1) is 17.5 Å². The molecule has 4 rings (SSSR count). The van der Waals surface area contributed by atoms with Crippen LogP contribution in [0.4, 0.5) is 5.69 Å². The molecule has 1 fully saturated rings. The molecule has 1 unspecified atom stereocenters. The maximum absolute atomic E-state index is 12.2. The molecule has 6 heteroatoms. The summed E-state index contributed by atoms with van der Waals surface area (Å²) in [6.45, 7) is 1.33. The van der Waals surface area contributed by atoms with E-state index in [4.69, 9.17) is 0 Å². The van der Waals surface area contributed by atoms with Crippen LogP contribution in [0, 0.1) is 0 Å². The lowest BCUT2D eigenvalue weighted by atomic mass is 9.52. The Morgan fingerprint density at radius 2 is 1.85 bits per heavy atom. The number of rotatable bonds is 4. The highest BCUT2D eigenvalue weighted by molar-refractivity contribution is 7.92. The third kappa shape index (κ3) is 2.60. The van der Waals surface area contributed by atoms with E-state index in [0.717, 1.165) is 56.3 Å². The molecule has 3 aliphatic rings. The van der Waals surface area contributed by atoms with Crippen LogP contribution in [-0.4, -0.2) is 57.5 Å². The highest BCUT2D eigenvalue weighted by atomic mass is 32.2. The summed E-state index contributed by atoms with van der Waals surface area (Å²) in [5, 5.41) is 11.7. The van der Waals surface area contributed by atoms with Crippen LogP contribution in [0.1, 0.15) is 48.8 Å². The highest BCUT2D eigenvalue weighted by Crippen LogP contribution is 2.55. The predicted octanol–water partition coefficient (Wildman–Crippen LogP) is 2.06. The first-order valence-electron chi connectivity index (χ1n) is 9.67. The summed E-state index contributed by atoms with van der Waals surface area (Å²) in [6, 6.07) is 4.27. The van der Waals surface area contributed by atoms with Crippen LogP contribution in [0.25, 0.3) is 0 Å². The standard InChI is InChI=1S/C20H30N2O3S/c1-21(2)14-19(20(23)8-5-4-6-9-20)13-16-11-15-7-10-22(26(3,24)25)18(15)12-17(16)19/h11-12,23H,4-10,13-14H2,1-3H3. The lowest BCUT2D eigenvalue weighted by Gasteiger charge is -2.57. The van der Waals surface area contributed by atoms with Gasteiger partial charge in [0.1, 0.15) is 0 Å². The molecule has 1 aromatic carbocycles.